The van der Waals surface area contributed by atoms with Crippen LogP contribution < -0.4 is 9.47 Å². The Morgan fingerprint density at radius 2 is 1.12 bits per heavy atom. The van der Waals surface area contributed by atoms with Crippen LogP contribution in [0.25, 0.3) is 21.9 Å². The highest BCUT2D eigenvalue weighted by Gasteiger charge is 2.01. The van der Waals surface area contributed by atoms with Gasteiger partial charge in [0.1, 0.15) is 11.5 Å². The fourth-order valence-electron chi connectivity index (χ4n) is 3.79. The van der Waals surface area contributed by atoms with Crippen molar-refractivity contribution in [3.05, 3.63) is 96.1 Å². The molecule has 0 aromatic heterocycles. The summed E-state index contributed by atoms with van der Waals surface area (Å²) in [6.45, 7) is 5.84. The summed E-state index contributed by atoms with van der Waals surface area (Å²) in [6, 6.07) is 29.3. The lowest BCUT2D eigenvalue weighted by atomic mass is 10.0. The average Bonchev–Trinajstić information content (AvgIpc) is 2.89. The molecule has 0 atom stereocenters. The maximum atomic E-state index is 5.82. The van der Waals surface area contributed by atoms with E-state index >= 15 is 0 Å². The van der Waals surface area contributed by atoms with Crippen molar-refractivity contribution in [1.29, 1.82) is 0 Å². The number of rotatable bonds is 9. The Hall–Kier alpha value is -3.70. The molecular formula is C32H32O2. The molecule has 0 aliphatic heterocycles. The molecule has 2 nitrogen and oxygen atoms in total. The van der Waals surface area contributed by atoms with Gasteiger partial charge in [-0.3, -0.25) is 0 Å². The van der Waals surface area contributed by atoms with Gasteiger partial charge in [0, 0.05) is 11.1 Å². The monoisotopic (exact) mass is 448 g/mol. The second kappa shape index (κ2) is 12.0. The van der Waals surface area contributed by atoms with E-state index in [1.165, 1.54) is 34.7 Å². The van der Waals surface area contributed by atoms with Gasteiger partial charge in [-0.25, -0.2) is 0 Å². The van der Waals surface area contributed by atoms with Crippen LogP contribution in [0.2, 0.25) is 0 Å². The minimum atomic E-state index is 0.743. The minimum Gasteiger partial charge on any atom is -0.494 e. The molecule has 0 fully saturated rings. The highest BCUT2D eigenvalue weighted by Crippen LogP contribution is 2.24. The SMILES string of the molecule is CCCCCOc1ccc(-c2ccc(C#Cc3ccc4cc(OCCC)ccc4c3)cc2)cc1. The van der Waals surface area contributed by atoms with Crippen molar-refractivity contribution in [3.8, 4) is 34.5 Å². The molecule has 4 rings (SSSR count). The largest absolute Gasteiger partial charge is 0.494 e. The van der Waals surface area contributed by atoms with Crippen molar-refractivity contribution in [2.45, 2.75) is 39.5 Å². The Kier molecular flexibility index (Phi) is 8.25. The second-order valence-electron chi connectivity index (χ2n) is 8.48. The fraction of sp³-hybridized carbons (Fsp3) is 0.250. The molecule has 0 amide bonds. The lowest BCUT2D eigenvalue weighted by Crippen LogP contribution is -1.96. The molecular weight excluding hydrogens is 416 g/mol. The lowest BCUT2D eigenvalue weighted by Gasteiger charge is -2.07. The van der Waals surface area contributed by atoms with Crippen molar-refractivity contribution >= 4 is 10.8 Å². The van der Waals surface area contributed by atoms with Crippen molar-refractivity contribution in [2.24, 2.45) is 0 Å². The first-order chi connectivity index (χ1) is 16.7. The lowest BCUT2D eigenvalue weighted by molar-refractivity contribution is 0.306. The molecule has 172 valence electrons. The maximum absolute atomic E-state index is 5.82. The van der Waals surface area contributed by atoms with E-state index in [0.29, 0.717) is 0 Å². The molecule has 0 unspecified atom stereocenters. The zero-order valence-electron chi connectivity index (χ0n) is 20.1. The van der Waals surface area contributed by atoms with Crippen molar-refractivity contribution in [1.82, 2.24) is 0 Å². The van der Waals surface area contributed by atoms with Crippen molar-refractivity contribution in [2.75, 3.05) is 13.2 Å². The van der Waals surface area contributed by atoms with E-state index in [1.54, 1.807) is 0 Å². The van der Waals surface area contributed by atoms with Crippen LogP contribution in [0.4, 0.5) is 0 Å². The molecule has 0 aliphatic rings. The molecule has 4 aromatic carbocycles. The molecule has 0 aliphatic carbocycles. The van der Waals surface area contributed by atoms with Gasteiger partial charge in [-0.1, -0.05) is 74.9 Å². The highest BCUT2D eigenvalue weighted by molar-refractivity contribution is 5.85. The minimum absolute atomic E-state index is 0.743. The van der Waals surface area contributed by atoms with E-state index in [9.17, 15) is 0 Å². The van der Waals surface area contributed by atoms with Gasteiger partial charge >= 0.3 is 0 Å². The smallest absolute Gasteiger partial charge is 0.119 e. The molecule has 0 saturated carbocycles. The average molecular weight is 449 g/mol. The summed E-state index contributed by atoms with van der Waals surface area (Å²) in [6.07, 6.45) is 4.53. The molecule has 34 heavy (non-hydrogen) atoms. The van der Waals surface area contributed by atoms with Crippen LogP contribution in [-0.2, 0) is 0 Å². The Balaban J connectivity index is 1.40. The summed E-state index contributed by atoms with van der Waals surface area (Å²) >= 11 is 0. The second-order valence-corrected chi connectivity index (χ2v) is 8.48. The van der Waals surface area contributed by atoms with Crippen LogP contribution >= 0.6 is 0 Å². The van der Waals surface area contributed by atoms with Crippen LogP contribution in [0.1, 0.15) is 50.7 Å². The number of ether oxygens (including phenoxy) is 2. The summed E-state index contributed by atoms with van der Waals surface area (Å²) < 4.78 is 11.6. The summed E-state index contributed by atoms with van der Waals surface area (Å²) in [4.78, 5) is 0. The van der Waals surface area contributed by atoms with E-state index in [4.69, 9.17) is 9.47 Å². The van der Waals surface area contributed by atoms with Gasteiger partial charge in [0.15, 0.2) is 0 Å². The topological polar surface area (TPSA) is 18.5 Å². The van der Waals surface area contributed by atoms with E-state index < -0.39 is 0 Å². The number of hydrogen-bond donors (Lipinski definition) is 0. The first kappa shape index (κ1) is 23.5. The van der Waals surface area contributed by atoms with Gasteiger partial charge in [0.25, 0.3) is 0 Å². The Morgan fingerprint density at radius 3 is 1.85 bits per heavy atom. The standard InChI is InChI=1S/C32H32O2/c1-3-5-6-22-34-31-18-15-28(16-19-31)27-12-9-25(10-13-27)7-8-26-11-14-30-24-32(33-21-4-2)20-17-29(30)23-26/h9-20,23-24H,3-6,21-22H2,1-2H3. The zero-order chi connectivity index (χ0) is 23.6. The van der Waals surface area contributed by atoms with Gasteiger partial charge < -0.3 is 9.47 Å². The van der Waals surface area contributed by atoms with E-state index in [0.717, 1.165) is 48.7 Å². The van der Waals surface area contributed by atoms with Crippen LogP contribution in [0.5, 0.6) is 11.5 Å². The molecule has 0 N–H and O–H groups in total. The Labute approximate surface area is 203 Å². The first-order valence-electron chi connectivity index (χ1n) is 12.3. The van der Waals surface area contributed by atoms with Crippen LogP contribution in [0.15, 0.2) is 84.9 Å². The van der Waals surface area contributed by atoms with E-state index in [2.05, 4.69) is 92.4 Å². The molecule has 4 aromatic rings. The van der Waals surface area contributed by atoms with Crippen molar-refractivity contribution < 1.29 is 9.47 Å². The third-order valence-corrected chi connectivity index (χ3v) is 5.72. The normalized spacial score (nSPS) is 10.5. The van der Waals surface area contributed by atoms with Crippen LogP contribution in [0, 0.1) is 11.8 Å². The third-order valence-electron chi connectivity index (χ3n) is 5.72. The van der Waals surface area contributed by atoms with Crippen LogP contribution in [-0.4, -0.2) is 13.2 Å². The molecule has 2 heteroatoms. The molecule has 0 spiro atoms. The first-order valence-corrected chi connectivity index (χ1v) is 12.3. The fourth-order valence-corrected chi connectivity index (χ4v) is 3.79. The molecule has 0 bridgehead atoms. The number of hydrogen-bond acceptors (Lipinski definition) is 2. The summed E-state index contributed by atoms with van der Waals surface area (Å²) in [7, 11) is 0. The maximum Gasteiger partial charge on any atom is 0.119 e. The predicted octanol–water partition coefficient (Wildman–Crippen LogP) is 8.26. The Morgan fingerprint density at radius 1 is 0.529 bits per heavy atom. The predicted molar refractivity (Wildman–Crippen MR) is 143 cm³/mol. The summed E-state index contributed by atoms with van der Waals surface area (Å²) in [5.41, 5.74) is 4.36. The highest BCUT2D eigenvalue weighted by atomic mass is 16.5. The Bertz CT molecular complexity index is 1260. The third kappa shape index (κ3) is 6.42. The quantitative estimate of drug-likeness (QED) is 0.189. The zero-order valence-corrected chi connectivity index (χ0v) is 20.1. The summed E-state index contributed by atoms with van der Waals surface area (Å²) in [5, 5.41) is 2.34. The van der Waals surface area contributed by atoms with E-state index in [1.807, 2.05) is 18.2 Å². The van der Waals surface area contributed by atoms with Crippen molar-refractivity contribution in [3.63, 3.8) is 0 Å². The number of benzene rings is 4. The number of unbranched alkanes of at least 4 members (excludes halogenated alkanes) is 2. The molecule has 0 saturated heterocycles. The summed E-state index contributed by atoms with van der Waals surface area (Å²) in [5.74, 6) is 8.44. The van der Waals surface area contributed by atoms with Gasteiger partial charge in [-0.2, -0.15) is 0 Å². The molecule has 0 heterocycles. The van der Waals surface area contributed by atoms with Crippen LogP contribution in [0.3, 0.4) is 0 Å². The van der Waals surface area contributed by atoms with Gasteiger partial charge in [0.05, 0.1) is 13.2 Å². The van der Waals surface area contributed by atoms with Gasteiger partial charge in [-0.15, -0.1) is 0 Å². The van der Waals surface area contributed by atoms with Gasteiger partial charge in [-0.05, 0) is 83.3 Å². The molecule has 0 radical (unpaired) electrons. The number of fused-ring (bicyclic) bond motifs is 1. The van der Waals surface area contributed by atoms with Gasteiger partial charge in [0.2, 0.25) is 0 Å². The van der Waals surface area contributed by atoms with E-state index in [-0.39, 0.29) is 0 Å².